The van der Waals surface area contributed by atoms with Crippen molar-refractivity contribution >= 4 is 17.0 Å². The van der Waals surface area contributed by atoms with Gasteiger partial charge in [-0.05, 0) is 34.5 Å². The lowest BCUT2D eigenvalue weighted by atomic mass is 10.1. The summed E-state index contributed by atoms with van der Waals surface area (Å²) in [6, 6.07) is 8.48. The summed E-state index contributed by atoms with van der Waals surface area (Å²) in [6.07, 6.45) is 0.931. The van der Waals surface area contributed by atoms with E-state index in [4.69, 9.17) is 9.78 Å². The molecular weight excluding hydrogens is 296 g/mol. The van der Waals surface area contributed by atoms with E-state index < -0.39 is 0 Å². The van der Waals surface area contributed by atoms with Crippen molar-refractivity contribution < 1.29 is 9.78 Å². The van der Waals surface area contributed by atoms with E-state index in [-0.39, 0.29) is 0 Å². The van der Waals surface area contributed by atoms with Crippen molar-refractivity contribution in [3.05, 3.63) is 46.2 Å². The highest BCUT2D eigenvalue weighted by molar-refractivity contribution is 7.07. The van der Waals surface area contributed by atoms with E-state index in [2.05, 4.69) is 38.8 Å². The molecule has 0 N–H and O–H groups in total. The third-order valence-electron chi connectivity index (χ3n) is 4.39. The number of thiophene rings is 1. The lowest BCUT2D eigenvalue weighted by Gasteiger charge is -2.37. The first kappa shape index (κ1) is 14.1. The Bertz CT molecular complexity index is 622. The van der Waals surface area contributed by atoms with Crippen LogP contribution < -0.4 is 9.79 Å². The van der Waals surface area contributed by atoms with Gasteiger partial charge in [0, 0.05) is 50.4 Å². The van der Waals surface area contributed by atoms with E-state index in [1.807, 2.05) is 6.07 Å². The predicted octanol–water partition coefficient (Wildman–Crippen LogP) is 2.94. The second kappa shape index (κ2) is 6.28. The molecule has 0 aliphatic carbocycles. The number of benzene rings is 1. The summed E-state index contributed by atoms with van der Waals surface area (Å²) in [4.78, 5) is 15.4. The van der Waals surface area contributed by atoms with Gasteiger partial charge in [0.1, 0.15) is 0 Å². The highest BCUT2D eigenvalue weighted by Crippen LogP contribution is 2.33. The van der Waals surface area contributed by atoms with Crippen molar-refractivity contribution in [2.24, 2.45) is 0 Å². The zero-order valence-electron chi connectivity index (χ0n) is 12.5. The molecule has 1 aromatic heterocycles. The van der Waals surface area contributed by atoms with Crippen LogP contribution >= 0.6 is 11.3 Å². The third-order valence-corrected chi connectivity index (χ3v) is 5.12. The second-order valence-corrected chi connectivity index (χ2v) is 6.58. The smallest absolute Gasteiger partial charge is 0.170 e. The fourth-order valence-corrected chi connectivity index (χ4v) is 3.88. The van der Waals surface area contributed by atoms with Gasteiger partial charge in [-0.3, -0.25) is 4.90 Å². The fourth-order valence-electron chi connectivity index (χ4n) is 3.22. The van der Waals surface area contributed by atoms with Crippen LogP contribution in [-0.2, 0) is 17.9 Å². The highest BCUT2D eigenvalue weighted by Gasteiger charge is 2.22. The van der Waals surface area contributed by atoms with Crippen molar-refractivity contribution in [3.8, 4) is 5.75 Å². The molecule has 0 saturated carbocycles. The Morgan fingerprint density at radius 3 is 2.82 bits per heavy atom. The minimum Gasteiger partial charge on any atom is -0.369 e. The number of hydrogen-bond donors (Lipinski definition) is 0. The SMILES string of the molecule is c1cc2c(c(N3CCN(Cc4ccsc4)CC3)c1)CCOO2. The first-order valence-electron chi connectivity index (χ1n) is 7.80. The zero-order valence-corrected chi connectivity index (χ0v) is 13.3. The fraction of sp³-hybridized carbons (Fsp3) is 0.412. The molecule has 22 heavy (non-hydrogen) atoms. The first-order chi connectivity index (χ1) is 10.9. The van der Waals surface area contributed by atoms with Gasteiger partial charge < -0.3 is 9.79 Å². The van der Waals surface area contributed by atoms with Gasteiger partial charge in [-0.25, -0.2) is 0 Å². The van der Waals surface area contributed by atoms with Crippen LogP contribution in [0.15, 0.2) is 35.0 Å². The molecule has 2 aliphatic rings. The predicted molar refractivity (Wildman–Crippen MR) is 88.5 cm³/mol. The van der Waals surface area contributed by atoms with Gasteiger partial charge >= 0.3 is 0 Å². The van der Waals surface area contributed by atoms with E-state index in [0.29, 0.717) is 6.61 Å². The van der Waals surface area contributed by atoms with Gasteiger partial charge in [-0.2, -0.15) is 16.2 Å². The molecule has 0 unspecified atom stereocenters. The molecule has 4 rings (SSSR count). The molecular formula is C17H20N2O2S. The van der Waals surface area contributed by atoms with Crippen LogP contribution in [0.2, 0.25) is 0 Å². The Balaban J connectivity index is 1.43. The average Bonchev–Trinajstić information content (AvgIpc) is 3.08. The molecule has 0 atom stereocenters. The largest absolute Gasteiger partial charge is 0.369 e. The Morgan fingerprint density at radius 2 is 2.00 bits per heavy atom. The van der Waals surface area contributed by atoms with E-state index >= 15 is 0 Å². The van der Waals surface area contributed by atoms with E-state index in [1.165, 1.54) is 16.8 Å². The molecule has 1 fully saturated rings. The molecule has 2 aromatic rings. The summed E-state index contributed by atoms with van der Waals surface area (Å²) in [6.45, 7) is 6.07. The van der Waals surface area contributed by atoms with Gasteiger partial charge in [0.2, 0.25) is 0 Å². The summed E-state index contributed by atoms with van der Waals surface area (Å²) in [5.41, 5.74) is 4.04. The molecule has 1 saturated heterocycles. The van der Waals surface area contributed by atoms with Crippen molar-refractivity contribution in [1.82, 2.24) is 4.90 Å². The molecule has 1 aromatic carbocycles. The zero-order chi connectivity index (χ0) is 14.8. The van der Waals surface area contributed by atoms with E-state index in [1.54, 1.807) is 11.3 Å². The van der Waals surface area contributed by atoms with Gasteiger partial charge in [-0.1, -0.05) is 6.07 Å². The monoisotopic (exact) mass is 316 g/mol. The highest BCUT2D eigenvalue weighted by atomic mass is 32.1. The van der Waals surface area contributed by atoms with E-state index in [9.17, 15) is 0 Å². The lowest BCUT2D eigenvalue weighted by Crippen LogP contribution is -2.46. The van der Waals surface area contributed by atoms with Crippen LogP contribution in [0.1, 0.15) is 11.1 Å². The quantitative estimate of drug-likeness (QED) is 0.813. The van der Waals surface area contributed by atoms with Crippen LogP contribution in [0.3, 0.4) is 0 Å². The number of piperazine rings is 1. The summed E-state index contributed by atoms with van der Waals surface area (Å²) in [5, 5.41) is 4.40. The molecule has 4 nitrogen and oxygen atoms in total. The molecule has 5 heteroatoms. The standard InChI is InChI=1S/C17H20N2O2S/c1-2-16(15-4-10-20-21-17(15)3-1)19-8-6-18(7-9-19)12-14-5-11-22-13-14/h1-3,5,11,13H,4,6-10,12H2. The molecule has 3 heterocycles. The minimum absolute atomic E-state index is 0.641. The number of hydrogen-bond acceptors (Lipinski definition) is 5. The van der Waals surface area contributed by atoms with Crippen molar-refractivity contribution in [1.29, 1.82) is 0 Å². The minimum atomic E-state index is 0.641. The third kappa shape index (κ3) is 2.84. The van der Waals surface area contributed by atoms with Crippen molar-refractivity contribution in [3.63, 3.8) is 0 Å². The summed E-state index contributed by atoms with van der Waals surface area (Å²) in [5.74, 6) is 0.879. The van der Waals surface area contributed by atoms with Crippen molar-refractivity contribution in [2.45, 2.75) is 13.0 Å². The summed E-state index contributed by atoms with van der Waals surface area (Å²) < 4.78 is 0. The van der Waals surface area contributed by atoms with Gasteiger partial charge in [0.25, 0.3) is 0 Å². The molecule has 2 aliphatic heterocycles. The summed E-state index contributed by atoms with van der Waals surface area (Å²) in [7, 11) is 0. The number of nitrogens with zero attached hydrogens (tertiary/aromatic N) is 2. The molecule has 0 amide bonds. The van der Waals surface area contributed by atoms with E-state index in [0.717, 1.165) is 44.9 Å². The number of anilines is 1. The van der Waals surface area contributed by atoms with Crippen LogP contribution in [0.25, 0.3) is 0 Å². The van der Waals surface area contributed by atoms with Crippen LogP contribution in [0, 0.1) is 0 Å². The number of rotatable bonds is 3. The molecule has 0 spiro atoms. The Morgan fingerprint density at radius 1 is 1.09 bits per heavy atom. The van der Waals surface area contributed by atoms with Crippen LogP contribution in [-0.4, -0.2) is 37.7 Å². The molecule has 0 radical (unpaired) electrons. The van der Waals surface area contributed by atoms with Crippen LogP contribution in [0.4, 0.5) is 5.69 Å². The van der Waals surface area contributed by atoms with Crippen molar-refractivity contribution in [2.75, 3.05) is 37.7 Å². The van der Waals surface area contributed by atoms with Gasteiger partial charge in [0.15, 0.2) is 5.75 Å². The number of fused-ring (bicyclic) bond motifs is 1. The maximum atomic E-state index is 5.31. The average molecular weight is 316 g/mol. The maximum absolute atomic E-state index is 5.31. The van der Waals surface area contributed by atoms with Gasteiger partial charge in [-0.15, -0.1) is 0 Å². The Hall–Kier alpha value is -1.56. The summed E-state index contributed by atoms with van der Waals surface area (Å²) >= 11 is 1.78. The topological polar surface area (TPSA) is 24.9 Å². The molecule has 116 valence electrons. The second-order valence-electron chi connectivity index (χ2n) is 5.80. The van der Waals surface area contributed by atoms with Crippen LogP contribution in [0.5, 0.6) is 5.75 Å². The normalized spacial score (nSPS) is 18.8. The lowest BCUT2D eigenvalue weighted by molar-refractivity contribution is -0.215. The molecule has 0 bridgehead atoms. The van der Waals surface area contributed by atoms with Gasteiger partial charge in [0.05, 0.1) is 6.61 Å². The Labute approximate surface area is 134 Å². The maximum Gasteiger partial charge on any atom is 0.170 e. The Kier molecular flexibility index (Phi) is 4.01. The first-order valence-corrected chi connectivity index (χ1v) is 8.74.